The molecule has 36 heavy (non-hydrogen) atoms. The topological polar surface area (TPSA) is 95.1 Å². The zero-order chi connectivity index (χ0) is 25.4. The maximum Gasteiger partial charge on any atom is 0.418 e. The van der Waals surface area contributed by atoms with Crippen molar-refractivity contribution in [2.24, 2.45) is 0 Å². The van der Waals surface area contributed by atoms with E-state index in [1.807, 2.05) is 18.3 Å². The number of unbranched alkanes of at least 4 members (excludes halogenated alkanes) is 1. The van der Waals surface area contributed by atoms with E-state index < -0.39 is 17.8 Å². The van der Waals surface area contributed by atoms with E-state index in [9.17, 15) is 18.0 Å². The van der Waals surface area contributed by atoms with E-state index in [1.165, 1.54) is 24.3 Å². The third-order valence-electron chi connectivity index (χ3n) is 5.13. The number of benzene rings is 2. The Morgan fingerprint density at radius 2 is 1.83 bits per heavy atom. The van der Waals surface area contributed by atoms with Crippen molar-refractivity contribution >= 4 is 23.9 Å². The summed E-state index contributed by atoms with van der Waals surface area (Å²) in [5, 5.41) is 10.3. The van der Waals surface area contributed by atoms with E-state index in [1.54, 1.807) is 23.0 Å². The summed E-state index contributed by atoms with van der Waals surface area (Å²) in [6, 6.07) is 12.1. The van der Waals surface area contributed by atoms with Crippen molar-refractivity contribution in [3.63, 3.8) is 0 Å². The summed E-state index contributed by atoms with van der Waals surface area (Å²) in [7, 11) is 0. The predicted molar refractivity (Wildman–Crippen MR) is 126 cm³/mol. The summed E-state index contributed by atoms with van der Waals surface area (Å²) in [4.78, 5) is 16.2. The van der Waals surface area contributed by atoms with Crippen LogP contribution in [0.5, 0.6) is 5.88 Å². The second-order valence-electron chi connectivity index (χ2n) is 7.81. The number of alkyl halides is 3. The lowest BCUT2D eigenvalue weighted by atomic mass is 10.1. The standard InChI is InChI=1S/C25H22F3N5O3/c26-25(27,28)20-9-4-19(5-10-20)8-13-22-31-23(17-35-22)36-24(34)30-21-11-6-18(7-12-21)3-1-2-15-33-16-14-29-32-33/h4-14,16-17H,1-3,15H2,(H,30,34). The van der Waals surface area contributed by atoms with Crippen LogP contribution < -0.4 is 10.1 Å². The highest BCUT2D eigenvalue weighted by Crippen LogP contribution is 2.29. The second-order valence-corrected chi connectivity index (χ2v) is 7.81. The van der Waals surface area contributed by atoms with Crippen molar-refractivity contribution in [2.75, 3.05) is 5.32 Å². The minimum absolute atomic E-state index is 0.0522. The molecule has 0 saturated heterocycles. The summed E-state index contributed by atoms with van der Waals surface area (Å²) < 4.78 is 50.0. The van der Waals surface area contributed by atoms with Crippen molar-refractivity contribution in [1.82, 2.24) is 20.0 Å². The van der Waals surface area contributed by atoms with Crippen LogP contribution in [-0.2, 0) is 19.1 Å². The van der Waals surface area contributed by atoms with Gasteiger partial charge in [0.25, 0.3) is 5.88 Å². The van der Waals surface area contributed by atoms with Crippen LogP contribution >= 0.6 is 0 Å². The molecule has 0 saturated carbocycles. The number of ether oxygens (including phenoxy) is 1. The molecule has 1 N–H and O–H groups in total. The number of hydrogen-bond acceptors (Lipinski definition) is 6. The van der Waals surface area contributed by atoms with Gasteiger partial charge in [-0.05, 0) is 60.7 Å². The Morgan fingerprint density at radius 1 is 1.06 bits per heavy atom. The Balaban J connectivity index is 1.22. The van der Waals surface area contributed by atoms with Crippen molar-refractivity contribution in [1.29, 1.82) is 0 Å². The van der Waals surface area contributed by atoms with Crippen LogP contribution in [0.25, 0.3) is 12.2 Å². The Kier molecular flexibility index (Phi) is 7.79. The minimum atomic E-state index is -4.39. The van der Waals surface area contributed by atoms with Crippen molar-refractivity contribution < 1.29 is 27.1 Å². The molecule has 8 nitrogen and oxygen atoms in total. The van der Waals surface area contributed by atoms with Crippen LogP contribution in [0.15, 0.2) is 71.6 Å². The van der Waals surface area contributed by atoms with Gasteiger partial charge in [0.15, 0.2) is 6.26 Å². The maximum atomic E-state index is 12.6. The third kappa shape index (κ3) is 7.29. The van der Waals surface area contributed by atoms with Gasteiger partial charge in [0, 0.05) is 24.5 Å². The summed E-state index contributed by atoms with van der Waals surface area (Å²) in [6.45, 7) is 0.820. The number of oxazole rings is 1. The minimum Gasteiger partial charge on any atom is -0.441 e. The molecular formula is C25H22F3N5O3. The Morgan fingerprint density at radius 3 is 2.53 bits per heavy atom. The molecule has 0 radical (unpaired) electrons. The number of halogens is 3. The van der Waals surface area contributed by atoms with Crippen LogP contribution in [0.3, 0.4) is 0 Å². The maximum absolute atomic E-state index is 12.6. The average molecular weight is 497 g/mol. The van der Waals surface area contributed by atoms with Gasteiger partial charge in [-0.1, -0.05) is 29.5 Å². The molecule has 2 heterocycles. The highest BCUT2D eigenvalue weighted by atomic mass is 19.4. The summed E-state index contributed by atoms with van der Waals surface area (Å²) in [5.41, 5.74) is 1.51. The second kappa shape index (κ2) is 11.3. The number of amides is 1. The Bertz CT molecular complexity index is 1280. The van der Waals surface area contributed by atoms with Crippen LogP contribution in [0.4, 0.5) is 23.7 Å². The number of carbonyl (C=O) groups is 1. The zero-order valence-electron chi connectivity index (χ0n) is 19.0. The number of hydrogen-bond donors (Lipinski definition) is 1. The highest BCUT2D eigenvalue weighted by Gasteiger charge is 2.29. The fraction of sp³-hybridized carbons (Fsp3) is 0.200. The third-order valence-corrected chi connectivity index (χ3v) is 5.13. The number of rotatable bonds is 9. The summed E-state index contributed by atoms with van der Waals surface area (Å²) >= 11 is 0. The van der Waals surface area contributed by atoms with Gasteiger partial charge in [0.05, 0.1) is 11.8 Å². The molecule has 0 unspecified atom stereocenters. The normalized spacial score (nSPS) is 11.6. The van der Waals surface area contributed by atoms with E-state index in [0.29, 0.717) is 11.3 Å². The van der Waals surface area contributed by atoms with E-state index in [0.717, 1.165) is 49.8 Å². The lowest BCUT2D eigenvalue weighted by Crippen LogP contribution is -2.16. The van der Waals surface area contributed by atoms with Gasteiger partial charge < -0.3 is 9.15 Å². The Hall–Kier alpha value is -4.41. The fourth-order valence-electron chi connectivity index (χ4n) is 3.29. The number of carbonyl (C=O) groups excluding carboxylic acids is 1. The SMILES string of the molecule is O=C(Nc1ccc(CCCCn2ccnn2)cc1)Oc1coc(C=Cc2ccc(C(F)(F)F)cc2)n1. The summed E-state index contributed by atoms with van der Waals surface area (Å²) in [5.74, 6) is 0.0782. The van der Waals surface area contributed by atoms with Crippen molar-refractivity contribution in [3.8, 4) is 5.88 Å². The van der Waals surface area contributed by atoms with Gasteiger partial charge in [-0.3, -0.25) is 10.00 Å². The molecule has 0 spiro atoms. The van der Waals surface area contributed by atoms with Gasteiger partial charge >= 0.3 is 12.3 Å². The van der Waals surface area contributed by atoms with Crippen LogP contribution in [0.2, 0.25) is 0 Å². The molecule has 0 aliphatic rings. The van der Waals surface area contributed by atoms with Crippen LogP contribution in [0.1, 0.15) is 35.4 Å². The van der Waals surface area contributed by atoms with E-state index in [2.05, 4.69) is 20.6 Å². The highest BCUT2D eigenvalue weighted by molar-refractivity contribution is 5.86. The predicted octanol–water partition coefficient (Wildman–Crippen LogP) is 6.09. The van der Waals surface area contributed by atoms with E-state index in [4.69, 9.17) is 9.15 Å². The van der Waals surface area contributed by atoms with Gasteiger partial charge in [-0.15, -0.1) is 5.10 Å². The Labute approximate surface area is 204 Å². The number of anilines is 1. The van der Waals surface area contributed by atoms with Crippen LogP contribution in [-0.4, -0.2) is 26.1 Å². The molecule has 0 fully saturated rings. The van der Waals surface area contributed by atoms with Gasteiger partial charge in [0.2, 0.25) is 5.89 Å². The molecule has 4 rings (SSSR count). The lowest BCUT2D eigenvalue weighted by Gasteiger charge is -2.06. The van der Waals surface area contributed by atoms with E-state index in [-0.39, 0.29) is 11.8 Å². The van der Waals surface area contributed by atoms with Gasteiger partial charge in [-0.2, -0.15) is 18.2 Å². The lowest BCUT2D eigenvalue weighted by molar-refractivity contribution is -0.137. The summed E-state index contributed by atoms with van der Waals surface area (Å²) in [6.07, 6.45) is 5.40. The molecule has 2 aromatic carbocycles. The largest absolute Gasteiger partial charge is 0.441 e. The molecule has 0 aliphatic heterocycles. The quantitative estimate of drug-likeness (QED) is 0.281. The van der Waals surface area contributed by atoms with Crippen LogP contribution in [0, 0.1) is 0 Å². The first kappa shape index (κ1) is 24.7. The smallest absolute Gasteiger partial charge is 0.418 e. The molecule has 0 bridgehead atoms. The molecule has 2 aromatic heterocycles. The molecular weight excluding hydrogens is 475 g/mol. The number of nitrogens with one attached hydrogen (secondary N) is 1. The van der Waals surface area contributed by atoms with Gasteiger partial charge in [0.1, 0.15) is 0 Å². The number of nitrogens with zero attached hydrogens (tertiary/aromatic N) is 4. The first-order valence-corrected chi connectivity index (χ1v) is 11.1. The average Bonchev–Trinajstić information content (AvgIpc) is 3.53. The van der Waals surface area contributed by atoms with Gasteiger partial charge in [-0.25, -0.2) is 4.79 Å². The number of aromatic nitrogens is 4. The molecule has 0 aliphatic carbocycles. The molecule has 0 atom stereocenters. The van der Waals surface area contributed by atoms with Crippen molar-refractivity contribution in [2.45, 2.75) is 32.0 Å². The first-order valence-electron chi connectivity index (χ1n) is 11.1. The van der Waals surface area contributed by atoms with Crippen molar-refractivity contribution in [3.05, 3.63) is 89.8 Å². The van der Waals surface area contributed by atoms with E-state index >= 15 is 0 Å². The fourth-order valence-corrected chi connectivity index (χ4v) is 3.29. The molecule has 1 amide bonds. The number of aryl methyl sites for hydroxylation is 2. The molecule has 4 aromatic rings. The first-order chi connectivity index (χ1) is 17.3. The zero-order valence-corrected chi connectivity index (χ0v) is 19.0. The molecule has 186 valence electrons. The monoisotopic (exact) mass is 497 g/mol. The molecule has 11 heteroatoms.